The van der Waals surface area contributed by atoms with Crippen molar-refractivity contribution in [3.63, 3.8) is 0 Å². The molecular weight excluding hydrogens is 575 g/mol. The van der Waals surface area contributed by atoms with Gasteiger partial charge in [-0.15, -0.1) is 0 Å². The predicted octanol–water partition coefficient (Wildman–Crippen LogP) is 5.34. The Morgan fingerprint density at radius 1 is 1.07 bits per heavy atom. The number of carbonyl (C=O) groups is 3. The number of ether oxygens (including phenoxy) is 1. The van der Waals surface area contributed by atoms with Crippen LogP contribution in [-0.2, 0) is 19.1 Å². The number of amides is 3. The minimum atomic E-state index is -0.458. The molecule has 4 rings (SSSR count). The first-order chi connectivity index (χ1) is 20.2. The summed E-state index contributed by atoms with van der Waals surface area (Å²) in [6.07, 6.45) is 3.30. The number of nitrogens with one attached hydrogen (secondary N) is 2. The molecule has 0 aromatic heterocycles. The smallest absolute Gasteiger partial charge is 0.239 e. The molecule has 2 atom stereocenters. The predicted molar refractivity (Wildman–Crippen MR) is 169 cm³/mol. The third-order valence-electron chi connectivity index (χ3n) is 7.44. The highest BCUT2D eigenvalue weighted by molar-refractivity contribution is 6.31. The SMILES string of the molecule is C/C=C(\CC)[C@@H]1C(C(=O)Nc2cccc(Cl)c2)CCC(=O)N1CC(=O)NCCN1CCOCC1.Cc1cccc(Cl)c1. The van der Waals surface area contributed by atoms with Crippen molar-refractivity contribution >= 4 is 46.6 Å². The van der Waals surface area contributed by atoms with E-state index in [1.165, 1.54) is 5.56 Å². The standard InChI is InChI=1S/C25H35ClN4O4.C7H7Cl/c1-3-18(4-2)24-21(25(33)28-20-7-5-6-19(26)16-20)8-9-23(32)30(24)17-22(31)27-10-11-29-12-14-34-15-13-29;1-6-3-2-4-7(8)5-6/h3,5-7,16,21,24H,4,8-15,17H2,1-2H3,(H,27,31)(H,28,33);2-5H,1H3/b18-3+;/t21?,24-;/m1./s1. The molecule has 0 bridgehead atoms. The number of allylic oxidation sites excluding steroid dienone is 1. The van der Waals surface area contributed by atoms with Gasteiger partial charge in [0.05, 0.1) is 25.2 Å². The van der Waals surface area contributed by atoms with Crippen LogP contribution in [0.25, 0.3) is 0 Å². The van der Waals surface area contributed by atoms with Crippen LogP contribution >= 0.6 is 23.2 Å². The number of halogens is 2. The Morgan fingerprint density at radius 2 is 1.76 bits per heavy atom. The summed E-state index contributed by atoms with van der Waals surface area (Å²) in [5.74, 6) is -0.948. The zero-order chi connectivity index (χ0) is 30.5. The topological polar surface area (TPSA) is 91.0 Å². The Bertz CT molecular complexity index is 1220. The fourth-order valence-electron chi connectivity index (χ4n) is 5.25. The van der Waals surface area contributed by atoms with Crippen LogP contribution in [0, 0.1) is 12.8 Å². The number of hydrogen-bond acceptors (Lipinski definition) is 5. The van der Waals surface area contributed by atoms with Gasteiger partial charge in [0.1, 0.15) is 6.54 Å². The van der Waals surface area contributed by atoms with Crippen LogP contribution < -0.4 is 10.6 Å². The van der Waals surface area contributed by atoms with Gasteiger partial charge in [-0.25, -0.2) is 0 Å². The van der Waals surface area contributed by atoms with Crippen LogP contribution in [0.15, 0.2) is 60.2 Å². The number of piperidine rings is 1. The first kappa shape index (κ1) is 33.6. The summed E-state index contributed by atoms with van der Waals surface area (Å²) in [5.41, 5.74) is 2.79. The van der Waals surface area contributed by atoms with Crippen molar-refractivity contribution in [2.75, 3.05) is 51.3 Å². The number of nitrogens with zero attached hydrogens (tertiary/aromatic N) is 2. The molecular formula is C32H42Cl2N4O4. The number of aryl methyl sites for hydroxylation is 1. The zero-order valence-electron chi connectivity index (χ0n) is 24.7. The molecule has 8 nitrogen and oxygen atoms in total. The van der Waals surface area contributed by atoms with E-state index in [-0.39, 0.29) is 30.7 Å². The molecule has 10 heteroatoms. The van der Waals surface area contributed by atoms with E-state index >= 15 is 0 Å². The lowest BCUT2D eigenvalue weighted by atomic mass is 9.82. The van der Waals surface area contributed by atoms with Gasteiger partial charge in [-0.3, -0.25) is 19.3 Å². The van der Waals surface area contributed by atoms with Crippen LogP contribution in [0.2, 0.25) is 10.0 Å². The monoisotopic (exact) mass is 616 g/mol. The molecule has 0 radical (unpaired) electrons. The second-order valence-corrected chi connectivity index (χ2v) is 11.3. The largest absolute Gasteiger partial charge is 0.379 e. The number of likely N-dealkylation sites (tertiary alicyclic amines) is 1. The van der Waals surface area contributed by atoms with Gasteiger partial charge < -0.3 is 20.3 Å². The lowest BCUT2D eigenvalue weighted by molar-refractivity contribution is -0.144. The van der Waals surface area contributed by atoms with Crippen LogP contribution in [0.3, 0.4) is 0 Å². The normalized spacial score (nSPS) is 19.5. The molecule has 0 aliphatic carbocycles. The van der Waals surface area contributed by atoms with Gasteiger partial charge in [0.25, 0.3) is 0 Å². The first-order valence-corrected chi connectivity index (χ1v) is 15.3. The van der Waals surface area contributed by atoms with E-state index in [0.29, 0.717) is 43.3 Å². The van der Waals surface area contributed by atoms with Gasteiger partial charge in [0.15, 0.2) is 0 Å². The number of hydrogen-bond donors (Lipinski definition) is 2. The van der Waals surface area contributed by atoms with Crippen molar-refractivity contribution in [2.45, 2.75) is 46.1 Å². The molecule has 2 aliphatic rings. The maximum Gasteiger partial charge on any atom is 0.239 e. The molecule has 2 N–H and O–H groups in total. The number of rotatable bonds is 9. The second kappa shape index (κ2) is 17.3. The number of anilines is 1. The van der Waals surface area contributed by atoms with Crippen molar-refractivity contribution in [2.24, 2.45) is 5.92 Å². The zero-order valence-corrected chi connectivity index (χ0v) is 26.2. The van der Waals surface area contributed by atoms with Gasteiger partial charge in [-0.1, -0.05) is 60.0 Å². The summed E-state index contributed by atoms with van der Waals surface area (Å²) in [4.78, 5) is 42.8. The van der Waals surface area contributed by atoms with Gasteiger partial charge in [-0.05, 0) is 62.6 Å². The van der Waals surface area contributed by atoms with Crippen molar-refractivity contribution < 1.29 is 19.1 Å². The minimum Gasteiger partial charge on any atom is -0.379 e. The van der Waals surface area contributed by atoms with E-state index in [2.05, 4.69) is 15.5 Å². The Labute approximate surface area is 259 Å². The number of morpholine rings is 1. The highest BCUT2D eigenvalue weighted by Crippen LogP contribution is 2.32. The molecule has 0 saturated carbocycles. The average Bonchev–Trinajstić information content (AvgIpc) is 2.96. The second-order valence-electron chi connectivity index (χ2n) is 10.4. The molecule has 42 heavy (non-hydrogen) atoms. The molecule has 2 aromatic rings. The minimum absolute atomic E-state index is 0.0646. The first-order valence-electron chi connectivity index (χ1n) is 14.5. The van der Waals surface area contributed by atoms with E-state index < -0.39 is 12.0 Å². The molecule has 2 aliphatic heterocycles. The summed E-state index contributed by atoms with van der Waals surface area (Å²) in [7, 11) is 0. The Balaban J connectivity index is 0.000000521. The van der Waals surface area contributed by atoms with E-state index in [0.717, 1.165) is 30.2 Å². The average molecular weight is 618 g/mol. The van der Waals surface area contributed by atoms with Crippen molar-refractivity contribution in [1.29, 1.82) is 0 Å². The number of benzene rings is 2. The van der Waals surface area contributed by atoms with Crippen LogP contribution in [-0.4, -0.2) is 79.5 Å². The van der Waals surface area contributed by atoms with E-state index in [4.69, 9.17) is 27.9 Å². The quantitative estimate of drug-likeness (QED) is 0.371. The van der Waals surface area contributed by atoms with Crippen molar-refractivity contribution in [1.82, 2.24) is 15.1 Å². The van der Waals surface area contributed by atoms with E-state index in [9.17, 15) is 14.4 Å². The molecule has 3 amide bonds. The molecule has 0 spiro atoms. The summed E-state index contributed by atoms with van der Waals surface area (Å²) >= 11 is 11.7. The van der Waals surface area contributed by atoms with Crippen LogP contribution in [0.5, 0.6) is 0 Å². The van der Waals surface area contributed by atoms with Crippen molar-refractivity contribution in [3.8, 4) is 0 Å². The van der Waals surface area contributed by atoms with Gasteiger partial charge in [0, 0.05) is 48.3 Å². The summed E-state index contributed by atoms with van der Waals surface area (Å²) in [6.45, 7) is 10.2. The van der Waals surface area contributed by atoms with E-state index in [1.807, 2.05) is 51.1 Å². The molecule has 2 aromatic carbocycles. The molecule has 1 unspecified atom stereocenters. The summed E-state index contributed by atoms with van der Waals surface area (Å²) in [6, 6.07) is 14.3. The Hall–Kier alpha value is -2.91. The van der Waals surface area contributed by atoms with Gasteiger partial charge in [-0.2, -0.15) is 0 Å². The number of carbonyl (C=O) groups excluding carboxylic acids is 3. The highest BCUT2D eigenvalue weighted by Gasteiger charge is 2.41. The van der Waals surface area contributed by atoms with Crippen LogP contribution in [0.4, 0.5) is 5.69 Å². The summed E-state index contributed by atoms with van der Waals surface area (Å²) in [5, 5.41) is 7.22. The fraction of sp³-hybridized carbons (Fsp3) is 0.469. The fourth-order valence-corrected chi connectivity index (χ4v) is 5.69. The Morgan fingerprint density at radius 3 is 2.36 bits per heavy atom. The van der Waals surface area contributed by atoms with Gasteiger partial charge in [0.2, 0.25) is 17.7 Å². The molecule has 2 heterocycles. The third kappa shape index (κ3) is 10.4. The van der Waals surface area contributed by atoms with Gasteiger partial charge >= 0.3 is 0 Å². The molecule has 2 saturated heterocycles. The highest BCUT2D eigenvalue weighted by atomic mass is 35.5. The lowest BCUT2D eigenvalue weighted by Crippen LogP contribution is -2.55. The van der Waals surface area contributed by atoms with Crippen molar-refractivity contribution in [3.05, 3.63) is 75.8 Å². The summed E-state index contributed by atoms with van der Waals surface area (Å²) < 4.78 is 5.35. The maximum absolute atomic E-state index is 13.3. The van der Waals surface area contributed by atoms with E-state index in [1.54, 1.807) is 29.2 Å². The van der Waals surface area contributed by atoms with Crippen LogP contribution in [0.1, 0.15) is 38.7 Å². The lowest BCUT2D eigenvalue weighted by Gasteiger charge is -2.41. The molecule has 2 fully saturated rings. The maximum atomic E-state index is 13.3. The Kier molecular flexibility index (Phi) is 13.8. The third-order valence-corrected chi connectivity index (χ3v) is 7.91. The molecule has 228 valence electrons.